The minimum absolute atomic E-state index is 0.0421. The Bertz CT molecular complexity index is 641. The van der Waals surface area contributed by atoms with Gasteiger partial charge >= 0.3 is 0 Å². The van der Waals surface area contributed by atoms with Crippen molar-refractivity contribution in [2.24, 2.45) is 5.18 Å². The summed E-state index contributed by atoms with van der Waals surface area (Å²) < 4.78 is 1.80. The van der Waals surface area contributed by atoms with Gasteiger partial charge in [0.1, 0.15) is 0 Å². The highest BCUT2D eigenvalue weighted by Gasteiger charge is 2.34. The molecule has 0 radical (unpaired) electrons. The molecule has 3 rings (SSSR count). The summed E-state index contributed by atoms with van der Waals surface area (Å²) in [5.41, 5.74) is 2.98. The highest BCUT2D eigenvalue weighted by Crippen LogP contribution is 2.46. The first-order valence-electron chi connectivity index (χ1n) is 5.91. The lowest BCUT2D eigenvalue weighted by Crippen LogP contribution is -2.32. The van der Waals surface area contributed by atoms with Crippen molar-refractivity contribution in [1.82, 2.24) is 4.57 Å². The molecule has 1 aromatic heterocycles. The smallest absolute Gasteiger partial charge is 0.222 e. The van der Waals surface area contributed by atoms with E-state index < -0.39 is 0 Å². The van der Waals surface area contributed by atoms with Gasteiger partial charge in [0.2, 0.25) is 5.88 Å². The van der Waals surface area contributed by atoms with Crippen LogP contribution >= 0.6 is 0 Å². The molecule has 0 amide bonds. The van der Waals surface area contributed by atoms with Crippen LogP contribution in [0.1, 0.15) is 19.4 Å². The molecule has 92 valence electrons. The standard InChI is InChI=1S/C14H14N2O2/c1-14(2)8-9-5-3-4-6-10(9)12-7-11(15-18)13(17)16(12)14/h3-7,17H,8H2,1-2H3. The van der Waals surface area contributed by atoms with Crippen LogP contribution in [0.2, 0.25) is 0 Å². The van der Waals surface area contributed by atoms with Crippen LogP contribution in [-0.4, -0.2) is 9.67 Å². The van der Waals surface area contributed by atoms with Crippen LogP contribution in [0.25, 0.3) is 11.3 Å². The summed E-state index contributed by atoms with van der Waals surface area (Å²) in [7, 11) is 0. The van der Waals surface area contributed by atoms with E-state index in [1.54, 1.807) is 10.6 Å². The van der Waals surface area contributed by atoms with Crippen LogP contribution in [0.4, 0.5) is 5.69 Å². The first-order valence-corrected chi connectivity index (χ1v) is 5.91. The molecule has 1 aliphatic rings. The first kappa shape index (κ1) is 11.0. The van der Waals surface area contributed by atoms with Gasteiger partial charge in [-0.3, -0.25) is 0 Å². The molecule has 4 heteroatoms. The minimum Gasteiger partial charge on any atom is -0.493 e. The van der Waals surface area contributed by atoms with Gasteiger partial charge in [0.25, 0.3) is 0 Å². The Balaban J connectivity index is 2.37. The zero-order chi connectivity index (χ0) is 12.9. The molecule has 0 aliphatic carbocycles. The Labute approximate surface area is 105 Å². The molecule has 1 aromatic carbocycles. The number of benzene rings is 1. The van der Waals surface area contributed by atoms with Gasteiger partial charge in [-0.2, -0.15) is 0 Å². The predicted octanol–water partition coefficient (Wildman–Crippen LogP) is 3.55. The molecule has 0 unspecified atom stereocenters. The molecule has 0 spiro atoms. The maximum atomic E-state index is 10.7. The van der Waals surface area contributed by atoms with Crippen LogP contribution < -0.4 is 0 Å². The summed E-state index contributed by atoms with van der Waals surface area (Å²) in [5, 5.41) is 13.0. The van der Waals surface area contributed by atoms with Gasteiger partial charge in [0.05, 0.1) is 5.69 Å². The van der Waals surface area contributed by atoms with E-state index in [1.807, 2.05) is 32.0 Å². The summed E-state index contributed by atoms with van der Waals surface area (Å²) >= 11 is 0. The topological polar surface area (TPSA) is 54.6 Å². The fraction of sp³-hybridized carbons (Fsp3) is 0.286. The zero-order valence-electron chi connectivity index (χ0n) is 10.3. The molecular weight excluding hydrogens is 228 g/mol. The second-order valence-electron chi connectivity index (χ2n) is 5.31. The van der Waals surface area contributed by atoms with Crippen molar-refractivity contribution in [3.63, 3.8) is 0 Å². The van der Waals surface area contributed by atoms with Gasteiger partial charge in [0, 0.05) is 11.1 Å². The number of nitrogens with zero attached hydrogens (tertiary/aromatic N) is 2. The molecule has 0 saturated heterocycles. The molecule has 4 nitrogen and oxygen atoms in total. The van der Waals surface area contributed by atoms with Crippen LogP contribution in [-0.2, 0) is 12.0 Å². The molecule has 2 heterocycles. The van der Waals surface area contributed by atoms with E-state index in [0.29, 0.717) is 0 Å². The summed E-state index contributed by atoms with van der Waals surface area (Å²) in [6, 6.07) is 9.71. The van der Waals surface area contributed by atoms with Crippen LogP contribution in [0.15, 0.2) is 35.5 Å². The molecule has 18 heavy (non-hydrogen) atoms. The number of hydrogen-bond acceptors (Lipinski definition) is 3. The molecule has 0 bridgehead atoms. The van der Waals surface area contributed by atoms with E-state index in [2.05, 4.69) is 11.2 Å². The van der Waals surface area contributed by atoms with Crippen molar-refractivity contribution in [2.45, 2.75) is 25.8 Å². The maximum absolute atomic E-state index is 10.7. The lowest BCUT2D eigenvalue weighted by atomic mass is 9.86. The molecule has 0 fully saturated rings. The number of aromatic hydroxyl groups is 1. The number of rotatable bonds is 1. The van der Waals surface area contributed by atoms with Crippen LogP contribution in [0.3, 0.4) is 0 Å². The zero-order valence-corrected chi connectivity index (χ0v) is 10.3. The van der Waals surface area contributed by atoms with Gasteiger partial charge in [0.15, 0.2) is 5.69 Å². The predicted molar refractivity (Wildman–Crippen MR) is 70.0 cm³/mol. The molecule has 1 aliphatic heterocycles. The van der Waals surface area contributed by atoms with Gasteiger partial charge in [-0.1, -0.05) is 24.3 Å². The Morgan fingerprint density at radius 2 is 2.06 bits per heavy atom. The summed E-state index contributed by atoms with van der Waals surface area (Å²) in [6.07, 6.45) is 0.816. The lowest BCUT2D eigenvalue weighted by Gasteiger charge is -2.35. The second-order valence-corrected chi connectivity index (χ2v) is 5.31. The quantitative estimate of drug-likeness (QED) is 0.777. The van der Waals surface area contributed by atoms with Crippen molar-refractivity contribution < 1.29 is 5.11 Å². The van der Waals surface area contributed by atoms with Gasteiger partial charge < -0.3 is 9.67 Å². The third-order valence-corrected chi connectivity index (χ3v) is 3.58. The summed E-state index contributed by atoms with van der Waals surface area (Å²) in [6.45, 7) is 4.08. The second kappa shape index (κ2) is 3.45. The van der Waals surface area contributed by atoms with Gasteiger partial charge in [-0.25, -0.2) is 0 Å². The van der Waals surface area contributed by atoms with E-state index in [1.165, 1.54) is 5.56 Å². The Kier molecular flexibility index (Phi) is 2.11. The maximum Gasteiger partial charge on any atom is 0.222 e. The molecule has 2 aromatic rings. The number of hydrogen-bond donors (Lipinski definition) is 1. The normalized spacial score (nSPS) is 15.9. The minimum atomic E-state index is -0.267. The molecule has 0 saturated carbocycles. The highest BCUT2D eigenvalue weighted by molar-refractivity contribution is 5.73. The van der Waals surface area contributed by atoms with E-state index >= 15 is 0 Å². The van der Waals surface area contributed by atoms with Crippen molar-refractivity contribution in [3.8, 4) is 17.1 Å². The van der Waals surface area contributed by atoms with E-state index in [4.69, 9.17) is 0 Å². The van der Waals surface area contributed by atoms with Gasteiger partial charge in [-0.05, 0) is 37.1 Å². The van der Waals surface area contributed by atoms with Crippen molar-refractivity contribution in [1.29, 1.82) is 0 Å². The molecular formula is C14H14N2O2. The number of fused-ring (bicyclic) bond motifs is 3. The Hall–Kier alpha value is -2.10. The summed E-state index contributed by atoms with van der Waals surface area (Å²) in [5.74, 6) is -0.0421. The molecule has 0 atom stereocenters. The largest absolute Gasteiger partial charge is 0.493 e. The van der Waals surface area contributed by atoms with E-state index in [9.17, 15) is 10.0 Å². The van der Waals surface area contributed by atoms with E-state index in [-0.39, 0.29) is 17.1 Å². The Morgan fingerprint density at radius 3 is 2.78 bits per heavy atom. The van der Waals surface area contributed by atoms with Crippen molar-refractivity contribution in [3.05, 3.63) is 40.8 Å². The monoisotopic (exact) mass is 242 g/mol. The SMILES string of the molecule is CC1(C)Cc2ccccc2-c2cc(N=O)c(O)n21. The molecule has 1 N–H and O–H groups in total. The van der Waals surface area contributed by atoms with Crippen LogP contribution in [0, 0.1) is 4.91 Å². The van der Waals surface area contributed by atoms with Crippen LogP contribution in [0.5, 0.6) is 5.88 Å². The fourth-order valence-corrected chi connectivity index (χ4v) is 2.83. The van der Waals surface area contributed by atoms with Gasteiger partial charge in [-0.15, -0.1) is 4.91 Å². The summed E-state index contributed by atoms with van der Waals surface area (Å²) in [4.78, 5) is 10.7. The first-order chi connectivity index (χ1) is 8.54. The lowest BCUT2D eigenvalue weighted by molar-refractivity contribution is 0.298. The average Bonchev–Trinajstić information content (AvgIpc) is 2.67. The third kappa shape index (κ3) is 1.32. The van der Waals surface area contributed by atoms with Crippen molar-refractivity contribution >= 4 is 5.69 Å². The Morgan fingerprint density at radius 1 is 1.33 bits per heavy atom. The highest BCUT2D eigenvalue weighted by atomic mass is 16.3. The van der Waals surface area contributed by atoms with Crippen molar-refractivity contribution in [2.75, 3.05) is 0 Å². The average molecular weight is 242 g/mol. The number of aromatic nitrogens is 1. The number of nitroso groups, excluding NO2 is 1. The van der Waals surface area contributed by atoms with E-state index in [0.717, 1.165) is 17.7 Å². The third-order valence-electron chi connectivity index (χ3n) is 3.58. The fourth-order valence-electron chi connectivity index (χ4n) is 2.83.